The van der Waals surface area contributed by atoms with Gasteiger partial charge in [0.15, 0.2) is 11.6 Å². The van der Waals surface area contributed by atoms with E-state index in [1.807, 2.05) is 0 Å². The standard InChI is InChI=1S/C20H22F2N2O2/c21-17-6-3-12(7-18(17)22)19-16(20(26-24-19)11-1-2-11)10-25-15-8-13-4-5-14(9-15)23-13/h3,6-7,11,13-15,23H,1-2,4-5,8-10H2. The van der Waals surface area contributed by atoms with Crippen LogP contribution in [0.4, 0.5) is 8.78 Å². The molecule has 138 valence electrons. The van der Waals surface area contributed by atoms with Gasteiger partial charge in [0.25, 0.3) is 0 Å². The van der Waals surface area contributed by atoms with Crippen LogP contribution in [0, 0.1) is 11.6 Å². The quantitative estimate of drug-likeness (QED) is 0.864. The molecule has 1 aliphatic carbocycles. The second-order valence-electron chi connectivity index (χ2n) is 7.82. The molecule has 2 unspecified atom stereocenters. The van der Waals surface area contributed by atoms with Gasteiger partial charge in [-0.15, -0.1) is 0 Å². The molecule has 1 aromatic heterocycles. The highest BCUT2D eigenvalue weighted by atomic mass is 19.2. The Bertz CT molecular complexity index is 806. The van der Waals surface area contributed by atoms with Gasteiger partial charge in [-0.2, -0.15) is 0 Å². The van der Waals surface area contributed by atoms with Gasteiger partial charge >= 0.3 is 0 Å². The Labute approximate surface area is 150 Å². The van der Waals surface area contributed by atoms with Crippen LogP contribution in [0.2, 0.25) is 0 Å². The lowest BCUT2D eigenvalue weighted by molar-refractivity contribution is 0.00875. The molecule has 1 aromatic carbocycles. The Balaban J connectivity index is 1.39. The van der Waals surface area contributed by atoms with E-state index in [-0.39, 0.29) is 6.10 Å². The van der Waals surface area contributed by atoms with Gasteiger partial charge in [0.2, 0.25) is 0 Å². The largest absolute Gasteiger partial charge is 0.373 e. The first-order chi connectivity index (χ1) is 12.7. The van der Waals surface area contributed by atoms with E-state index in [0.29, 0.717) is 35.9 Å². The summed E-state index contributed by atoms with van der Waals surface area (Å²) in [5.74, 6) is -0.506. The van der Waals surface area contributed by atoms with Crippen molar-refractivity contribution in [2.24, 2.45) is 0 Å². The number of fused-ring (bicyclic) bond motifs is 2. The van der Waals surface area contributed by atoms with Crippen LogP contribution >= 0.6 is 0 Å². The van der Waals surface area contributed by atoms with E-state index in [0.717, 1.165) is 43.1 Å². The Morgan fingerprint density at radius 3 is 2.54 bits per heavy atom. The number of halogens is 2. The van der Waals surface area contributed by atoms with Crippen molar-refractivity contribution < 1.29 is 18.0 Å². The molecule has 2 saturated heterocycles. The minimum atomic E-state index is -0.875. The second kappa shape index (κ2) is 6.43. The first-order valence-electron chi connectivity index (χ1n) is 9.49. The van der Waals surface area contributed by atoms with Crippen LogP contribution in [0.3, 0.4) is 0 Å². The van der Waals surface area contributed by atoms with Crippen molar-refractivity contribution in [1.29, 1.82) is 0 Å². The Morgan fingerprint density at radius 1 is 1.08 bits per heavy atom. The summed E-state index contributed by atoms with van der Waals surface area (Å²) in [6.07, 6.45) is 6.90. The number of rotatable bonds is 5. The molecule has 1 saturated carbocycles. The fourth-order valence-corrected chi connectivity index (χ4v) is 4.34. The molecule has 2 atom stereocenters. The lowest BCUT2D eigenvalue weighted by atomic mass is 10.0. The topological polar surface area (TPSA) is 47.3 Å². The van der Waals surface area contributed by atoms with E-state index in [1.165, 1.54) is 18.9 Å². The summed E-state index contributed by atoms with van der Waals surface area (Å²) in [4.78, 5) is 0. The zero-order valence-corrected chi connectivity index (χ0v) is 14.5. The Kier molecular flexibility index (Phi) is 4.05. The van der Waals surface area contributed by atoms with Gasteiger partial charge in [-0.1, -0.05) is 5.16 Å². The van der Waals surface area contributed by atoms with Crippen LogP contribution in [0.5, 0.6) is 0 Å². The SMILES string of the molecule is Fc1ccc(-c2noc(C3CC3)c2COC2CC3CCC(C2)N3)cc1F. The molecule has 3 aliphatic rings. The van der Waals surface area contributed by atoms with Crippen LogP contribution in [-0.2, 0) is 11.3 Å². The number of benzene rings is 1. The van der Waals surface area contributed by atoms with E-state index in [1.54, 1.807) is 6.07 Å². The van der Waals surface area contributed by atoms with Crippen LogP contribution in [-0.4, -0.2) is 23.3 Å². The third kappa shape index (κ3) is 3.05. The summed E-state index contributed by atoms with van der Waals surface area (Å²) in [5.41, 5.74) is 2.00. The van der Waals surface area contributed by atoms with Crippen LogP contribution < -0.4 is 5.32 Å². The Morgan fingerprint density at radius 2 is 1.85 bits per heavy atom. The molecule has 2 aromatic rings. The van der Waals surface area contributed by atoms with Crippen LogP contribution in [0.15, 0.2) is 22.7 Å². The van der Waals surface area contributed by atoms with Gasteiger partial charge in [-0.3, -0.25) is 0 Å². The third-order valence-electron chi connectivity index (χ3n) is 5.85. The summed E-state index contributed by atoms with van der Waals surface area (Å²) >= 11 is 0. The zero-order valence-electron chi connectivity index (χ0n) is 14.5. The average Bonchev–Trinajstić information content (AvgIpc) is 3.31. The van der Waals surface area contributed by atoms with Gasteiger partial charge in [0.05, 0.1) is 12.7 Å². The van der Waals surface area contributed by atoms with E-state index >= 15 is 0 Å². The maximum atomic E-state index is 13.7. The molecule has 0 amide bonds. The predicted octanol–water partition coefficient (Wildman–Crippen LogP) is 4.30. The van der Waals surface area contributed by atoms with Gasteiger partial charge in [-0.25, -0.2) is 8.78 Å². The van der Waals surface area contributed by atoms with E-state index in [2.05, 4.69) is 10.5 Å². The highest BCUT2D eigenvalue weighted by molar-refractivity contribution is 5.64. The molecule has 0 spiro atoms. The molecule has 26 heavy (non-hydrogen) atoms. The summed E-state index contributed by atoms with van der Waals surface area (Å²) in [6, 6.07) is 4.98. The summed E-state index contributed by atoms with van der Waals surface area (Å²) in [6.45, 7) is 0.410. The molecular formula is C20H22F2N2O2. The number of nitrogens with one attached hydrogen (secondary N) is 1. The van der Waals surface area contributed by atoms with Crippen molar-refractivity contribution >= 4 is 0 Å². The number of nitrogens with zero attached hydrogens (tertiary/aromatic N) is 1. The molecule has 6 heteroatoms. The summed E-state index contributed by atoms with van der Waals surface area (Å²) in [5, 5.41) is 7.78. The van der Waals surface area contributed by atoms with Crippen molar-refractivity contribution in [3.05, 3.63) is 41.2 Å². The lowest BCUT2D eigenvalue weighted by Gasteiger charge is -2.29. The normalized spacial score (nSPS) is 27.8. The lowest BCUT2D eigenvalue weighted by Crippen LogP contribution is -2.41. The number of hydrogen-bond donors (Lipinski definition) is 1. The average molecular weight is 360 g/mol. The van der Waals surface area contributed by atoms with Crippen molar-refractivity contribution in [1.82, 2.24) is 10.5 Å². The molecule has 3 heterocycles. The molecule has 1 N–H and O–H groups in total. The number of ether oxygens (including phenoxy) is 1. The first-order valence-corrected chi connectivity index (χ1v) is 9.49. The molecule has 2 aliphatic heterocycles. The number of piperidine rings is 1. The molecule has 0 radical (unpaired) electrons. The van der Waals surface area contributed by atoms with Crippen molar-refractivity contribution in [3.63, 3.8) is 0 Å². The zero-order chi connectivity index (χ0) is 17.7. The second-order valence-corrected chi connectivity index (χ2v) is 7.82. The molecular weight excluding hydrogens is 338 g/mol. The number of aromatic nitrogens is 1. The summed E-state index contributed by atoms with van der Waals surface area (Å²) < 4.78 is 38.8. The monoisotopic (exact) mass is 360 g/mol. The maximum Gasteiger partial charge on any atom is 0.159 e. The van der Waals surface area contributed by atoms with E-state index < -0.39 is 11.6 Å². The van der Waals surface area contributed by atoms with Gasteiger partial charge in [-0.05, 0) is 56.7 Å². The highest BCUT2D eigenvalue weighted by Gasteiger charge is 2.36. The third-order valence-corrected chi connectivity index (χ3v) is 5.85. The molecule has 5 rings (SSSR count). The van der Waals surface area contributed by atoms with Gasteiger partial charge in [0, 0.05) is 29.1 Å². The predicted molar refractivity (Wildman–Crippen MR) is 91.6 cm³/mol. The van der Waals surface area contributed by atoms with Crippen molar-refractivity contribution in [2.45, 2.75) is 69.2 Å². The Hall–Kier alpha value is -1.79. The smallest absolute Gasteiger partial charge is 0.159 e. The van der Waals surface area contributed by atoms with Crippen LogP contribution in [0.25, 0.3) is 11.3 Å². The number of hydrogen-bond acceptors (Lipinski definition) is 4. The van der Waals surface area contributed by atoms with E-state index in [9.17, 15) is 8.78 Å². The van der Waals surface area contributed by atoms with E-state index in [4.69, 9.17) is 9.26 Å². The van der Waals surface area contributed by atoms with Gasteiger partial charge < -0.3 is 14.6 Å². The van der Waals surface area contributed by atoms with Gasteiger partial charge in [0.1, 0.15) is 11.5 Å². The maximum absolute atomic E-state index is 13.7. The first kappa shape index (κ1) is 16.4. The minimum Gasteiger partial charge on any atom is -0.373 e. The minimum absolute atomic E-state index is 0.230. The molecule has 4 nitrogen and oxygen atoms in total. The van der Waals surface area contributed by atoms with Crippen LogP contribution in [0.1, 0.15) is 55.8 Å². The summed E-state index contributed by atoms with van der Waals surface area (Å²) in [7, 11) is 0. The highest BCUT2D eigenvalue weighted by Crippen LogP contribution is 2.44. The molecule has 2 bridgehead atoms. The molecule has 3 fully saturated rings. The van der Waals surface area contributed by atoms with Crippen molar-refractivity contribution in [3.8, 4) is 11.3 Å². The fraction of sp³-hybridized carbons (Fsp3) is 0.550. The fourth-order valence-electron chi connectivity index (χ4n) is 4.34. The van der Waals surface area contributed by atoms with Crippen molar-refractivity contribution in [2.75, 3.05) is 0 Å².